The molecule has 0 aliphatic heterocycles. The highest BCUT2D eigenvalue weighted by atomic mass is 79.9. The van der Waals surface area contributed by atoms with Gasteiger partial charge in [-0.3, -0.25) is 4.21 Å². The van der Waals surface area contributed by atoms with E-state index in [1.165, 1.54) is 6.26 Å². The van der Waals surface area contributed by atoms with E-state index in [-0.39, 0.29) is 15.9 Å². The van der Waals surface area contributed by atoms with Gasteiger partial charge in [0.05, 0.1) is 0 Å². The maximum Gasteiger partial charge on any atom is 0.243 e. The molecule has 0 spiro atoms. The molecular formula is C10H14BrFN2O3S2. The lowest BCUT2D eigenvalue weighted by Crippen LogP contribution is -2.36. The predicted octanol–water partition coefficient (Wildman–Crippen LogP) is 1.22. The average Bonchev–Trinajstić information content (AvgIpc) is 2.20. The zero-order chi connectivity index (χ0) is 14.8. The smallest absolute Gasteiger partial charge is 0.243 e. The van der Waals surface area contributed by atoms with E-state index in [9.17, 15) is 17.0 Å². The fourth-order valence-electron chi connectivity index (χ4n) is 1.47. The summed E-state index contributed by atoms with van der Waals surface area (Å²) in [6.45, 7) is 1.55. The van der Waals surface area contributed by atoms with Crippen LogP contribution in [0.1, 0.15) is 6.92 Å². The first-order valence-corrected chi connectivity index (χ1v) is 9.20. The minimum Gasteiger partial charge on any atom is -0.398 e. The Morgan fingerprint density at radius 1 is 1.53 bits per heavy atom. The Hall–Kier alpha value is -0.510. The Morgan fingerprint density at radius 3 is 2.63 bits per heavy atom. The number of anilines is 1. The van der Waals surface area contributed by atoms with Crippen LogP contribution in [0.25, 0.3) is 0 Å². The second kappa shape index (κ2) is 6.29. The zero-order valence-electron chi connectivity index (χ0n) is 10.3. The maximum absolute atomic E-state index is 13.7. The highest BCUT2D eigenvalue weighted by Gasteiger charge is 2.23. The SMILES string of the molecule is CC(CS(C)=O)NS(=O)(=O)c1cc(N)c(Br)cc1F. The van der Waals surface area contributed by atoms with Crippen molar-refractivity contribution >= 4 is 42.4 Å². The summed E-state index contributed by atoms with van der Waals surface area (Å²) in [5.41, 5.74) is 5.66. The molecule has 0 amide bonds. The van der Waals surface area contributed by atoms with Crippen LogP contribution in [0, 0.1) is 5.82 Å². The van der Waals surface area contributed by atoms with Crippen molar-refractivity contribution in [2.24, 2.45) is 0 Å². The standard InChI is InChI=1S/C10H14BrFN2O3S2/c1-6(5-18(2)15)14-19(16,17)10-4-9(13)7(11)3-8(10)12/h3-4,6,14H,5,13H2,1-2H3. The van der Waals surface area contributed by atoms with Gasteiger partial charge in [-0.1, -0.05) is 0 Å². The van der Waals surface area contributed by atoms with Crippen LogP contribution >= 0.6 is 15.9 Å². The molecule has 0 radical (unpaired) electrons. The minimum absolute atomic E-state index is 0.119. The summed E-state index contributed by atoms with van der Waals surface area (Å²) in [5.74, 6) is -0.759. The predicted molar refractivity (Wildman–Crippen MR) is 77.2 cm³/mol. The van der Waals surface area contributed by atoms with Crippen LogP contribution in [-0.2, 0) is 20.8 Å². The van der Waals surface area contributed by atoms with Crippen LogP contribution in [-0.4, -0.2) is 30.7 Å². The average molecular weight is 373 g/mol. The van der Waals surface area contributed by atoms with Gasteiger partial charge in [0.25, 0.3) is 0 Å². The molecular weight excluding hydrogens is 359 g/mol. The van der Waals surface area contributed by atoms with Gasteiger partial charge >= 0.3 is 0 Å². The molecule has 0 saturated heterocycles. The molecule has 0 aliphatic carbocycles. The van der Waals surface area contributed by atoms with Crippen LogP contribution in [0.2, 0.25) is 0 Å². The lowest BCUT2D eigenvalue weighted by molar-refractivity contribution is 0.549. The molecule has 2 unspecified atom stereocenters. The number of sulfonamides is 1. The molecule has 1 rings (SSSR count). The van der Waals surface area contributed by atoms with Crippen molar-refractivity contribution in [2.75, 3.05) is 17.7 Å². The van der Waals surface area contributed by atoms with E-state index in [1.807, 2.05) is 0 Å². The van der Waals surface area contributed by atoms with E-state index >= 15 is 0 Å². The van der Waals surface area contributed by atoms with Crippen molar-refractivity contribution in [3.05, 3.63) is 22.4 Å². The summed E-state index contributed by atoms with van der Waals surface area (Å²) in [6, 6.07) is 1.46. The largest absolute Gasteiger partial charge is 0.398 e. The fourth-order valence-corrected chi connectivity index (χ4v) is 4.01. The first-order valence-electron chi connectivity index (χ1n) is 5.20. The van der Waals surface area contributed by atoms with Crippen molar-refractivity contribution in [2.45, 2.75) is 17.9 Å². The topological polar surface area (TPSA) is 89.3 Å². The third kappa shape index (κ3) is 4.51. The molecule has 108 valence electrons. The Balaban J connectivity index is 3.07. The van der Waals surface area contributed by atoms with E-state index in [2.05, 4.69) is 20.7 Å². The number of benzene rings is 1. The lowest BCUT2D eigenvalue weighted by Gasteiger charge is -2.14. The molecule has 0 aromatic heterocycles. The molecule has 9 heteroatoms. The molecule has 5 nitrogen and oxygen atoms in total. The molecule has 1 aromatic rings. The number of hydrogen-bond donors (Lipinski definition) is 2. The van der Waals surface area contributed by atoms with Crippen LogP contribution in [0.3, 0.4) is 0 Å². The third-order valence-corrected chi connectivity index (χ3v) is 5.44. The van der Waals surface area contributed by atoms with Crippen LogP contribution in [0.15, 0.2) is 21.5 Å². The van der Waals surface area contributed by atoms with Crippen molar-refractivity contribution in [1.29, 1.82) is 0 Å². The second-order valence-electron chi connectivity index (χ2n) is 4.07. The van der Waals surface area contributed by atoms with E-state index in [0.29, 0.717) is 0 Å². The van der Waals surface area contributed by atoms with Gasteiger partial charge in [-0.05, 0) is 35.0 Å². The van der Waals surface area contributed by atoms with Crippen molar-refractivity contribution in [1.82, 2.24) is 4.72 Å². The molecule has 2 atom stereocenters. The van der Waals surface area contributed by atoms with Gasteiger partial charge in [0.2, 0.25) is 10.0 Å². The zero-order valence-corrected chi connectivity index (χ0v) is 13.5. The third-order valence-electron chi connectivity index (χ3n) is 2.18. The molecule has 0 heterocycles. The number of nitrogens with one attached hydrogen (secondary N) is 1. The van der Waals surface area contributed by atoms with Crippen LogP contribution in [0.5, 0.6) is 0 Å². The van der Waals surface area contributed by atoms with Gasteiger partial charge in [0.15, 0.2) is 0 Å². The van der Waals surface area contributed by atoms with Crippen LogP contribution in [0.4, 0.5) is 10.1 Å². The monoisotopic (exact) mass is 372 g/mol. The summed E-state index contributed by atoms with van der Waals surface area (Å²) in [5, 5.41) is 0. The number of nitrogens with two attached hydrogens (primary N) is 1. The molecule has 0 aliphatic rings. The van der Waals surface area contributed by atoms with E-state index < -0.39 is 37.6 Å². The Morgan fingerprint density at radius 2 is 2.11 bits per heavy atom. The number of nitrogen functional groups attached to an aromatic ring is 1. The quantitative estimate of drug-likeness (QED) is 0.760. The maximum atomic E-state index is 13.7. The molecule has 0 saturated carbocycles. The highest BCUT2D eigenvalue weighted by molar-refractivity contribution is 9.10. The first-order chi connectivity index (χ1) is 8.63. The van der Waals surface area contributed by atoms with Crippen LogP contribution < -0.4 is 10.5 Å². The summed E-state index contributed by atoms with van der Waals surface area (Å²) < 4.78 is 51.2. The molecule has 3 N–H and O–H groups in total. The van der Waals surface area contributed by atoms with Gasteiger partial charge in [0, 0.05) is 39.0 Å². The number of halogens is 2. The lowest BCUT2D eigenvalue weighted by atomic mass is 10.3. The van der Waals surface area contributed by atoms with E-state index in [0.717, 1.165) is 12.1 Å². The van der Waals surface area contributed by atoms with E-state index in [1.54, 1.807) is 6.92 Å². The normalized spacial score (nSPS) is 15.2. The minimum atomic E-state index is -4.04. The Kier molecular flexibility index (Phi) is 5.48. The van der Waals surface area contributed by atoms with E-state index in [4.69, 9.17) is 5.73 Å². The Bertz CT molecular complexity index is 607. The number of hydrogen-bond acceptors (Lipinski definition) is 4. The van der Waals surface area contributed by atoms with Gasteiger partial charge in [-0.2, -0.15) is 0 Å². The van der Waals surface area contributed by atoms with Crippen molar-refractivity contribution in [3.8, 4) is 0 Å². The summed E-state index contributed by atoms with van der Waals surface area (Å²) in [7, 11) is -5.19. The molecule has 0 fully saturated rings. The summed E-state index contributed by atoms with van der Waals surface area (Å²) >= 11 is 3.01. The fraction of sp³-hybridized carbons (Fsp3) is 0.400. The summed E-state index contributed by atoms with van der Waals surface area (Å²) in [4.78, 5) is -0.526. The van der Waals surface area contributed by atoms with Crippen molar-refractivity contribution < 1.29 is 17.0 Å². The second-order valence-corrected chi connectivity index (χ2v) is 8.08. The molecule has 0 bridgehead atoms. The van der Waals surface area contributed by atoms with Gasteiger partial charge in [-0.25, -0.2) is 17.5 Å². The summed E-state index contributed by atoms with van der Waals surface area (Å²) in [6.07, 6.45) is 1.46. The number of rotatable bonds is 5. The van der Waals surface area contributed by atoms with Gasteiger partial charge < -0.3 is 5.73 Å². The Labute approximate surface area is 122 Å². The molecule has 19 heavy (non-hydrogen) atoms. The van der Waals surface area contributed by atoms with Gasteiger partial charge in [-0.15, -0.1) is 0 Å². The molecule has 1 aromatic carbocycles. The first kappa shape index (κ1) is 16.5. The highest BCUT2D eigenvalue weighted by Crippen LogP contribution is 2.26. The van der Waals surface area contributed by atoms with Crippen molar-refractivity contribution in [3.63, 3.8) is 0 Å². The van der Waals surface area contributed by atoms with Gasteiger partial charge in [0.1, 0.15) is 10.7 Å².